The number of benzene rings is 1. The predicted octanol–water partition coefficient (Wildman–Crippen LogP) is 3.18. The van der Waals surface area contributed by atoms with Crippen molar-refractivity contribution in [3.63, 3.8) is 0 Å². The molecule has 1 aliphatic rings. The second kappa shape index (κ2) is 8.27. The maximum Gasteiger partial charge on any atom is 0.320 e. The standard InChI is InChI=1S/C19H21ClF2N6O2/c1-12(10-29-2)30-18-23-16(27-8-7-19(21,22)11-27)15-17(24-18)28(26-25-15)9-13-5-3-4-6-14(13)20/h3-6,12H,7-11H2,1-2H3. The van der Waals surface area contributed by atoms with Crippen molar-refractivity contribution in [3.05, 3.63) is 34.9 Å². The van der Waals surface area contributed by atoms with E-state index in [4.69, 9.17) is 21.1 Å². The summed E-state index contributed by atoms with van der Waals surface area (Å²) in [5.74, 6) is -2.50. The number of anilines is 1. The minimum atomic E-state index is -2.78. The van der Waals surface area contributed by atoms with Crippen LogP contribution in [-0.4, -0.2) is 63.8 Å². The first-order valence-corrected chi connectivity index (χ1v) is 9.87. The maximum atomic E-state index is 13.8. The summed E-state index contributed by atoms with van der Waals surface area (Å²) in [5.41, 5.74) is 1.55. The monoisotopic (exact) mass is 438 g/mol. The highest BCUT2D eigenvalue weighted by Gasteiger charge is 2.40. The topological polar surface area (TPSA) is 78.2 Å². The lowest BCUT2D eigenvalue weighted by atomic mass is 10.2. The molecule has 4 rings (SSSR count). The van der Waals surface area contributed by atoms with Gasteiger partial charge in [0.15, 0.2) is 17.0 Å². The van der Waals surface area contributed by atoms with Crippen molar-refractivity contribution in [1.82, 2.24) is 25.0 Å². The number of nitrogens with zero attached hydrogens (tertiary/aromatic N) is 6. The summed E-state index contributed by atoms with van der Waals surface area (Å²) < 4.78 is 40.1. The van der Waals surface area contributed by atoms with Crippen LogP contribution in [0.15, 0.2) is 24.3 Å². The lowest BCUT2D eigenvalue weighted by Gasteiger charge is -2.19. The number of aromatic nitrogens is 5. The van der Waals surface area contributed by atoms with Crippen LogP contribution in [0, 0.1) is 0 Å². The molecular formula is C19H21ClF2N6O2. The lowest BCUT2D eigenvalue weighted by Crippen LogP contribution is -2.26. The molecule has 1 saturated heterocycles. The number of alkyl halides is 2. The largest absolute Gasteiger partial charge is 0.458 e. The molecule has 0 radical (unpaired) electrons. The van der Waals surface area contributed by atoms with Crippen LogP contribution in [-0.2, 0) is 11.3 Å². The molecule has 1 fully saturated rings. The van der Waals surface area contributed by atoms with E-state index in [2.05, 4.69) is 20.3 Å². The first-order chi connectivity index (χ1) is 14.4. The minimum Gasteiger partial charge on any atom is -0.458 e. The van der Waals surface area contributed by atoms with E-state index in [0.717, 1.165) is 5.56 Å². The Morgan fingerprint density at radius 1 is 1.27 bits per heavy atom. The van der Waals surface area contributed by atoms with Gasteiger partial charge in [0.1, 0.15) is 6.10 Å². The van der Waals surface area contributed by atoms with Crippen LogP contribution in [0.1, 0.15) is 18.9 Å². The molecule has 3 heterocycles. The number of methoxy groups -OCH3 is 1. The zero-order chi connectivity index (χ0) is 21.3. The molecule has 0 amide bonds. The summed E-state index contributed by atoms with van der Waals surface area (Å²) in [7, 11) is 1.56. The highest BCUT2D eigenvalue weighted by molar-refractivity contribution is 6.31. The van der Waals surface area contributed by atoms with Gasteiger partial charge >= 0.3 is 6.01 Å². The Morgan fingerprint density at radius 3 is 2.77 bits per heavy atom. The summed E-state index contributed by atoms with van der Waals surface area (Å²) >= 11 is 6.27. The second-order valence-electron chi connectivity index (χ2n) is 7.25. The number of hydrogen-bond donors (Lipinski definition) is 0. The van der Waals surface area contributed by atoms with Crippen LogP contribution in [0.4, 0.5) is 14.6 Å². The summed E-state index contributed by atoms with van der Waals surface area (Å²) in [6, 6.07) is 7.41. The van der Waals surface area contributed by atoms with Crippen molar-refractivity contribution in [2.75, 3.05) is 31.7 Å². The van der Waals surface area contributed by atoms with E-state index in [9.17, 15) is 8.78 Å². The predicted molar refractivity (Wildman–Crippen MR) is 107 cm³/mol. The lowest BCUT2D eigenvalue weighted by molar-refractivity contribution is 0.0256. The van der Waals surface area contributed by atoms with Crippen molar-refractivity contribution in [1.29, 1.82) is 0 Å². The van der Waals surface area contributed by atoms with Gasteiger partial charge in [0.25, 0.3) is 5.92 Å². The number of rotatable bonds is 7. The van der Waals surface area contributed by atoms with E-state index in [1.165, 1.54) is 4.90 Å². The molecule has 3 aromatic rings. The summed E-state index contributed by atoms with van der Waals surface area (Å²) in [4.78, 5) is 10.3. The number of halogens is 3. The smallest absolute Gasteiger partial charge is 0.320 e. The molecule has 8 nitrogen and oxygen atoms in total. The molecule has 0 N–H and O–H groups in total. The van der Waals surface area contributed by atoms with E-state index in [1.807, 2.05) is 18.2 Å². The van der Waals surface area contributed by atoms with E-state index < -0.39 is 12.5 Å². The number of fused-ring (bicyclic) bond motifs is 1. The first kappa shape index (κ1) is 20.7. The molecule has 1 aliphatic heterocycles. The molecule has 30 heavy (non-hydrogen) atoms. The Labute approximate surface area is 176 Å². The van der Waals surface area contributed by atoms with Gasteiger partial charge in [-0.2, -0.15) is 9.97 Å². The van der Waals surface area contributed by atoms with Crippen molar-refractivity contribution in [3.8, 4) is 6.01 Å². The molecule has 0 saturated carbocycles. The van der Waals surface area contributed by atoms with Gasteiger partial charge in [-0.1, -0.05) is 35.0 Å². The first-order valence-electron chi connectivity index (χ1n) is 9.49. The molecule has 0 bridgehead atoms. The van der Waals surface area contributed by atoms with Gasteiger partial charge in [0, 0.05) is 25.1 Å². The van der Waals surface area contributed by atoms with Gasteiger partial charge in [-0.15, -0.1) is 5.10 Å². The molecule has 11 heteroatoms. The molecule has 2 aromatic heterocycles. The van der Waals surface area contributed by atoms with Crippen molar-refractivity contribution in [2.24, 2.45) is 0 Å². The Balaban J connectivity index is 1.75. The maximum absolute atomic E-state index is 13.8. The van der Waals surface area contributed by atoms with Crippen molar-refractivity contribution < 1.29 is 18.3 Å². The van der Waals surface area contributed by atoms with Gasteiger partial charge in [0.05, 0.1) is 19.7 Å². The normalized spacial score (nSPS) is 16.9. The fourth-order valence-electron chi connectivity index (χ4n) is 3.36. The summed E-state index contributed by atoms with van der Waals surface area (Å²) in [6.07, 6.45) is -0.573. The van der Waals surface area contributed by atoms with Gasteiger partial charge in [-0.05, 0) is 18.6 Å². The Bertz CT molecular complexity index is 1050. The third kappa shape index (κ3) is 4.29. The van der Waals surface area contributed by atoms with Gasteiger partial charge in [0.2, 0.25) is 0 Å². The number of ether oxygens (including phenoxy) is 2. The van der Waals surface area contributed by atoms with Gasteiger partial charge in [-0.3, -0.25) is 0 Å². The SMILES string of the molecule is COCC(C)Oc1nc(N2CCC(F)(F)C2)c2nnn(Cc3ccccc3Cl)c2n1. The molecular weight excluding hydrogens is 418 g/mol. The third-order valence-corrected chi connectivity index (χ3v) is 5.15. The summed E-state index contributed by atoms with van der Waals surface area (Å²) in [6.45, 7) is 2.17. The minimum absolute atomic E-state index is 0.0555. The molecule has 0 aliphatic carbocycles. The number of hydrogen-bond acceptors (Lipinski definition) is 7. The molecule has 160 valence electrons. The van der Waals surface area contributed by atoms with E-state index in [-0.39, 0.29) is 30.9 Å². The Kier molecular flexibility index (Phi) is 5.70. The zero-order valence-electron chi connectivity index (χ0n) is 16.6. The van der Waals surface area contributed by atoms with Crippen LogP contribution in [0.3, 0.4) is 0 Å². The van der Waals surface area contributed by atoms with E-state index in [1.54, 1.807) is 24.8 Å². The van der Waals surface area contributed by atoms with E-state index >= 15 is 0 Å². The summed E-state index contributed by atoms with van der Waals surface area (Å²) in [5, 5.41) is 8.92. The quantitative estimate of drug-likeness (QED) is 0.560. The van der Waals surface area contributed by atoms with Crippen molar-refractivity contribution >= 4 is 28.6 Å². The average Bonchev–Trinajstić information content (AvgIpc) is 3.26. The Hall–Kier alpha value is -2.59. The molecule has 0 spiro atoms. The molecule has 1 atom stereocenters. The van der Waals surface area contributed by atoms with Gasteiger partial charge in [-0.25, -0.2) is 13.5 Å². The zero-order valence-corrected chi connectivity index (χ0v) is 17.3. The van der Waals surface area contributed by atoms with Gasteiger partial charge < -0.3 is 14.4 Å². The van der Waals surface area contributed by atoms with Crippen LogP contribution in [0.5, 0.6) is 6.01 Å². The average molecular weight is 439 g/mol. The fraction of sp³-hybridized carbons (Fsp3) is 0.474. The fourth-order valence-corrected chi connectivity index (χ4v) is 3.55. The highest BCUT2D eigenvalue weighted by atomic mass is 35.5. The highest BCUT2D eigenvalue weighted by Crippen LogP contribution is 2.33. The van der Waals surface area contributed by atoms with Crippen molar-refractivity contribution in [2.45, 2.75) is 31.9 Å². The third-order valence-electron chi connectivity index (χ3n) is 4.78. The van der Waals surface area contributed by atoms with Crippen LogP contribution in [0.2, 0.25) is 5.02 Å². The van der Waals surface area contributed by atoms with Crippen LogP contribution in [0.25, 0.3) is 11.2 Å². The molecule has 1 unspecified atom stereocenters. The second-order valence-corrected chi connectivity index (χ2v) is 7.66. The van der Waals surface area contributed by atoms with Crippen LogP contribution >= 0.6 is 11.6 Å². The Morgan fingerprint density at radius 2 is 2.07 bits per heavy atom. The molecule has 1 aromatic carbocycles. The van der Waals surface area contributed by atoms with Crippen LogP contribution < -0.4 is 9.64 Å². The van der Waals surface area contributed by atoms with E-state index in [0.29, 0.717) is 29.3 Å².